The van der Waals surface area contributed by atoms with Crippen molar-refractivity contribution in [1.82, 2.24) is 10.3 Å². The number of aryl methyl sites for hydroxylation is 1. The Morgan fingerprint density at radius 3 is 2.76 bits per heavy atom. The number of anilines is 1. The first-order chi connectivity index (χ1) is 9.97. The molecule has 1 aromatic heterocycles. The van der Waals surface area contributed by atoms with Crippen LogP contribution in [-0.4, -0.2) is 18.1 Å². The third-order valence-electron chi connectivity index (χ3n) is 3.38. The van der Waals surface area contributed by atoms with E-state index in [0.29, 0.717) is 12.6 Å². The topological polar surface area (TPSA) is 28.2 Å². The predicted octanol–water partition coefficient (Wildman–Crippen LogP) is 3.73. The van der Waals surface area contributed by atoms with Crippen LogP contribution in [0.25, 0.3) is 0 Å². The second kappa shape index (κ2) is 7.00. The standard InChI is InChI=1S/C16H22FN3S/c1-11(2)18-8-13-7-14(17)5-6-15(13)20(4)9-16-12(3)19-10-21-16/h5-7,10-11,18H,8-9H2,1-4H3. The van der Waals surface area contributed by atoms with E-state index in [1.807, 2.05) is 25.5 Å². The molecule has 0 atom stereocenters. The molecular weight excluding hydrogens is 285 g/mol. The molecule has 0 bridgehead atoms. The molecule has 5 heteroatoms. The van der Waals surface area contributed by atoms with Gasteiger partial charge in [-0.25, -0.2) is 9.37 Å². The number of nitrogens with one attached hydrogen (secondary N) is 1. The highest BCUT2D eigenvalue weighted by Crippen LogP contribution is 2.24. The van der Waals surface area contributed by atoms with Crippen LogP contribution in [0.2, 0.25) is 0 Å². The third kappa shape index (κ3) is 4.25. The summed E-state index contributed by atoms with van der Waals surface area (Å²) in [5, 5.41) is 3.35. The highest BCUT2D eigenvalue weighted by molar-refractivity contribution is 7.09. The van der Waals surface area contributed by atoms with Crippen molar-refractivity contribution in [1.29, 1.82) is 0 Å². The Bertz CT molecular complexity index is 595. The first kappa shape index (κ1) is 15.9. The van der Waals surface area contributed by atoms with E-state index in [9.17, 15) is 4.39 Å². The summed E-state index contributed by atoms with van der Waals surface area (Å²) in [4.78, 5) is 7.67. The van der Waals surface area contributed by atoms with Crippen molar-refractivity contribution in [2.24, 2.45) is 0 Å². The smallest absolute Gasteiger partial charge is 0.123 e. The molecule has 2 rings (SSSR count). The molecule has 0 fully saturated rings. The van der Waals surface area contributed by atoms with Gasteiger partial charge in [-0.3, -0.25) is 0 Å². The Kier molecular flexibility index (Phi) is 5.31. The minimum Gasteiger partial charge on any atom is -0.369 e. The summed E-state index contributed by atoms with van der Waals surface area (Å²) in [6.07, 6.45) is 0. The number of nitrogens with zero attached hydrogens (tertiary/aromatic N) is 2. The molecular formula is C16H22FN3S. The fourth-order valence-corrected chi connectivity index (χ4v) is 2.99. The lowest BCUT2D eigenvalue weighted by Gasteiger charge is -2.23. The maximum Gasteiger partial charge on any atom is 0.123 e. The van der Waals surface area contributed by atoms with Gasteiger partial charge in [-0.05, 0) is 30.7 Å². The zero-order valence-corrected chi connectivity index (χ0v) is 13.8. The van der Waals surface area contributed by atoms with Gasteiger partial charge in [0.1, 0.15) is 5.82 Å². The molecule has 0 radical (unpaired) electrons. The average molecular weight is 307 g/mol. The van der Waals surface area contributed by atoms with Crippen LogP contribution in [0, 0.1) is 12.7 Å². The lowest BCUT2D eigenvalue weighted by molar-refractivity contribution is 0.581. The molecule has 114 valence electrons. The summed E-state index contributed by atoms with van der Waals surface area (Å²) in [6, 6.07) is 5.35. The number of halogens is 1. The Morgan fingerprint density at radius 2 is 2.14 bits per heavy atom. The number of hydrogen-bond donors (Lipinski definition) is 1. The lowest BCUT2D eigenvalue weighted by atomic mass is 10.1. The number of aromatic nitrogens is 1. The van der Waals surface area contributed by atoms with Crippen LogP contribution in [-0.2, 0) is 13.1 Å². The van der Waals surface area contributed by atoms with Crippen molar-refractivity contribution in [3.05, 3.63) is 45.7 Å². The van der Waals surface area contributed by atoms with Gasteiger partial charge in [0.05, 0.1) is 17.7 Å². The first-order valence-electron chi connectivity index (χ1n) is 7.09. The monoisotopic (exact) mass is 307 g/mol. The normalized spacial score (nSPS) is 11.1. The Balaban J connectivity index is 2.19. The molecule has 0 saturated heterocycles. The molecule has 0 aliphatic heterocycles. The van der Waals surface area contributed by atoms with Crippen LogP contribution in [0.4, 0.5) is 10.1 Å². The van der Waals surface area contributed by atoms with Crippen LogP contribution < -0.4 is 10.2 Å². The first-order valence-corrected chi connectivity index (χ1v) is 7.97. The van der Waals surface area contributed by atoms with Crippen LogP contribution in [0.3, 0.4) is 0 Å². The number of hydrogen-bond acceptors (Lipinski definition) is 4. The van der Waals surface area contributed by atoms with Crippen molar-refractivity contribution in [2.75, 3.05) is 11.9 Å². The van der Waals surface area contributed by atoms with E-state index in [1.54, 1.807) is 17.4 Å². The summed E-state index contributed by atoms with van der Waals surface area (Å²) in [5.74, 6) is -0.193. The fourth-order valence-electron chi connectivity index (χ4n) is 2.16. The summed E-state index contributed by atoms with van der Waals surface area (Å²) >= 11 is 1.66. The third-order valence-corrected chi connectivity index (χ3v) is 4.30. The van der Waals surface area contributed by atoms with Crippen LogP contribution >= 0.6 is 11.3 Å². The van der Waals surface area contributed by atoms with Crippen LogP contribution in [0.1, 0.15) is 30.0 Å². The molecule has 0 spiro atoms. The minimum atomic E-state index is -0.193. The predicted molar refractivity (Wildman–Crippen MR) is 87.3 cm³/mol. The zero-order valence-electron chi connectivity index (χ0n) is 13.0. The van der Waals surface area contributed by atoms with Crippen LogP contribution in [0.5, 0.6) is 0 Å². The van der Waals surface area contributed by atoms with Gasteiger partial charge in [0, 0.05) is 30.2 Å². The summed E-state index contributed by atoms with van der Waals surface area (Å²) < 4.78 is 13.5. The van der Waals surface area contributed by atoms with E-state index < -0.39 is 0 Å². The van der Waals surface area contributed by atoms with Crippen LogP contribution in [0.15, 0.2) is 23.7 Å². The van der Waals surface area contributed by atoms with E-state index >= 15 is 0 Å². The Labute approximate surface area is 129 Å². The van der Waals surface area contributed by atoms with E-state index in [-0.39, 0.29) is 5.82 Å². The number of rotatable bonds is 6. The minimum absolute atomic E-state index is 0.193. The Hall–Kier alpha value is -1.46. The molecule has 2 aromatic rings. The highest BCUT2D eigenvalue weighted by atomic mass is 32.1. The zero-order chi connectivity index (χ0) is 15.4. The molecule has 0 aliphatic carbocycles. The number of benzene rings is 1. The maximum absolute atomic E-state index is 13.5. The van der Waals surface area contributed by atoms with Gasteiger partial charge in [-0.2, -0.15) is 0 Å². The summed E-state index contributed by atoms with van der Waals surface area (Å²) in [7, 11) is 2.03. The molecule has 1 N–H and O–H groups in total. The quantitative estimate of drug-likeness (QED) is 0.881. The van der Waals surface area contributed by atoms with E-state index in [1.165, 1.54) is 10.9 Å². The summed E-state index contributed by atoms with van der Waals surface area (Å²) in [6.45, 7) is 7.64. The van der Waals surface area contributed by atoms with E-state index in [0.717, 1.165) is 23.5 Å². The van der Waals surface area contributed by atoms with Crippen molar-refractivity contribution >= 4 is 17.0 Å². The van der Waals surface area contributed by atoms with Gasteiger partial charge in [0.15, 0.2) is 0 Å². The number of thiazole rings is 1. The van der Waals surface area contributed by atoms with Gasteiger partial charge in [0.2, 0.25) is 0 Å². The maximum atomic E-state index is 13.5. The largest absolute Gasteiger partial charge is 0.369 e. The summed E-state index contributed by atoms with van der Waals surface area (Å²) in [5.41, 5.74) is 4.96. The fraction of sp³-hybridized carbons (Fsp3) is 0.438. The molecule has 1 aromatic carbocycles. The second-order valence-electron chi connectivity index (χ2n) is 5.53. The SMILES string of the molecule is Cc1ncsc1CN(C)c1ccc(F)cc1CNC(C)C. The van der Waals surface area contributed by atoms with Gasteiger partial charge >= 0.3 is 0 Å². The molecule has 0 unspecified atom stereocenters. The molecule has 1 heterocycles. The average Bonchev–Trinajstić information content (AvgIpc) is 2.82. The second-order valence-corrected chi connectivity index (χ2v) is 6.46. The molecule has 0 aliphatic rings. The van der Waals surface area contributed by atoms with Gasteiger partial charge < -0.3 is 10.2 Å². The molecule has 0 amide bonds. The van der Waals surface area contributed by atoms with Crippen molar-refractivity contribution < 1.29 is 4.39 Å². The van der Waals surface area contributed by atoms with E-state index in [4.69, 9.17) is 0 Å². The van der Waals surface area contributed by atoms with Gasteiger partial charge in [-0.1, -0.05) is 13.8 Å². The van der Waals surface area contributed by atoms with Crippen molar-refractivity contribution in [2.45, 2.75) is 39.9 Å². The van der Waals surface area contributed by atoms with E-state index in [2.05, 4.69) is 29.0 Å². The lowest BCUT2D eigenvalue weighted by Crippen LogP contribution is -2.24. The molecule has 3 nitrogen and oxygen atoms in total. The van der Waals surface area contributed by atoms with Gasteiger partial charge in [-0.15, -0.1) is 11.3 Å². The van der Waals surface area contributed by atoms with Gasteiger partial charge in [0.25, 0.3) is 0 Å². The molecule has 0 saturated carbocycles. The molecule has 21 heavy (non-hydrogen) atoms. The van der Waals surface area contributed by atoms with Crippen molar-refractivity contribution in [3.8, 4) is 0 Å². The highest BCUT2D eigenvalue weighted by Gasteiger charge is 2.12. The Morgan fingerprint density at radius 1 is 1.38 bits per heavy atom. The van der Waals surface area contributed by atoms with Crippen molar-refractivity contribution in [3.63, 3.8) is 0 Å².